The second-order valence-electron chi connectivity index (χ2n) is 10.1. The molecule has 1 amide bonds. The van der Waals surface area contributed by atoms with Crippen molar-refractivity contribution in [2.24, 2.45) is 11.3 Å². The number of para-hydroxylation sites is 2. The van der Waals surface area contributed by atoms with E-state index in [0.717, 1.165) is 24.0 Å². The standard InChI is InChI=1S/C21H27FN4O2.C5H12/c1-3-19-17(8-10-22)9-11-25(19)14-16(2)24-21(27)28-13-12-26-15-23-18-6-4-5-7-20(18)26;1-5(2,3)4/h3-8,10,15-17,19H,1,9,11-14H2,2H3,(H,24,27);1-4H3/b10-8+;/t16-,17?,19?;/m0./s1. The molecular formula is C26H39FN4O2. The Morgan fingerprint density at radius 3 is 2.73 bits per heavy atom. The summed E-state index contributed by atoms with van der Waals surface area (Å²) >= 11 is 0. The molecule has 1 aliphatic heterocycles. The largest absolute Gasteiger partial charge is 0.448 e. The minimum Gasteiger partial charge on any atom is -0.448 e. The number of fused-ring (bicyclic) bond motifs is 1. The van der Waals surface area contributed by atoms with Gasteiger partial charge in [0.1, 0.15) is 6.61 Å². The smallest absolute Gasteiger partial charge is 0.407 e. The van der Waals surface area contributed by atoms with Crippen LogP contribution in [0.5, 0.6) is 0 Å². The minimum absolute atomic E-state index is 0.0850. The van der Waals surface area contributed by atoms with Gasteiger partial charge in [0.05, 0.1) is 30.2 Å². The summed E-state index contributed by atoms with van der Waals surface area (Å²) < 4.78 is 19.8. The molecule has 1 saturated heterocycles. The fraction of sp³-hybridized carbons (Fsp3) is 0.538. The highest BCUT2D eigenvalue weighted by Gasteiger charge is 2.31. The van der Waals surface area contributed by atoms with Gasteiger partial charge in [-0.15, -0.1) is 6.58 Å². The van der Waals surface area contributed by atoms with E-state index in [-0.39, 0.29) is 24.6 Å². The number of alkyl carbamates (subject to hydrolysis) is 1. The van der Waals surface area contributed by atoms with Crippen LogP contribution >= 0.6 is 0 Å². The van der Waals surface area contributed by atoms with Crippen molar-refractivity contribution in [1.29, 1.82) is 0 Å². The summed E-state index contributed by atoms with van der Waals surface area (Å²) in [4.78, 5) is 18.6. The van der Waals surface area contributed by atoms with Gasteiger partial charge in [0.25, 0.3) is 0 Å². The molecule has 0 radical (unpaired) electrons. The maximum Gasteiger partial charge on any atom is 0.407 e. The lowest BCUT2D eigenvalue weighted by molar-refractivity contribution is 0.135. The number of likely N-dealkylation sites (tertiary alicyclic amines) is 1. The normalized spacial score (nSPS) is 19.8. The van der Waals surface area contributed by atoms with Crippen LogP contribution in [0.15, 0.2) is 55.7 Å². The summed E-state index contributed by atoms with van der Waals surface area (Å²) in [5.41, 5.74) is 2.44. The van der Waals surface area contributed by atoms with Crippen LogP contribution in [0, 0.1) is 11.3 Å². The number of ether oxygens (including phenoxy) is 1. The molecule has 1 aromatic heterocycles. The van der Waals surface area contributed by atoms with Gasteiger partial charge in [0.15, 0.2) is 0 Å². The molecule has 2 heterocycles. The van der Waals surface area contributed by atoms with Gasteiger partial charge in [-0.3, -0.25) is 4.90 Å². The number of imidazole rings is 1. The molecule has 1 N–H and O–H groups in total. The lowest BCUT2D eigenvalue weighted by atomic mass is 10.0. The third kappa shape index (κ3) is 9.00. The Bertz CT molecular complexity index is 912. The number of carbonyl (C=O) groups excluding carboxylic acids is 1. The average molecular weight is 459 g/mol. The fourth-order valence-corrected chi connectivity index (χ4v) is 3.81. The van der Waals surface area contributed by atoms with Gasteiger partial charge in [-0.25, -0.2) is 14.2 Å². The van der Waals surface area contributed by atoms with Crippen molar-refractivity contribution in [2.75, 3.05) is 19.7 Å². The van der Waals surface area contributed by atoms with Crippen LogP contribution in [0.1, 0.15) is 41.0 Å². The third-order valence-electron chi connectivity index (χ3n) is 5.14. The summed E-state index contributed by atoms with van der Waals surface area (Å²) in [7, 11) is 0. The van der Waals surface area contributed by atoms with E-state index in [0.29, 0.717) is 24.8 Å². The van der Waals surface area contributed by atoms with Crippen molar-refractivity contribution >= 4 is 17.1 Å². The lowest BCUT2D eigenvalue weighted by Gasteiger charge is -2.27. The van der Waals surface area contributed by atoms with Crippen LogP contribution in [0.4, 0.5) is 9.18 Å². The van der Waals surface area contributed by atoms with E-state index in [2.05, 4.69) is 49.5 Å². The van der Waals surface area contributed by atoms with Gasteiger partial charge >= 0.3 is 6.09 Å². The molecule has 1 aliphatic rings. The zero-order chi connectivity index (χ0) is 24.4. The molecule has 1 fully saturated rings. The van der Waals surface area contributed by atoms with E-state index in [1.54, 1.807) is 12.4 Å². The highest BCUT2D eigenvalue weighted by molar-refractivity contribution is 5.74. The monoisotopic (exact) mass is 458 g/mol. The van der Waals surface area contributed by atoms with Crippen molar-refractivity contribution in [3.05, 3.63) is 55.7 Å². The van der Waals surface area contributed by atoms with Crippen LogP contribution in [-0.2, 0) is 11.3 Å². The molecule has 0 saturated carbocycles. The van der Waals surface area contributed by atoms with E-state index < -0.39 is 6.09 Å². The first-order valence-corrected chi connectivity index (χ1v) is 11.6. The highest BCUT2D eigenvalue weighted by atomic mass is 19.1. The summed E-state index contributed by atoms with van der Waals surface area (Å²) in [6.45, 7) is 16.9. The number of benzene rings is 1. The first kappa shape index (κ1) is 26.6. The molecule has 33 heavy (non-hydrogen) atoms. The summed E-state index contributed by atoms with van der Waals surface area (Å²) in [6, 6.07) is 7.84. The van der Waals surface area contributed by atoms with E-state index >= 15 is 0 Å². The Balaban J connectivity index is 0.000000696. The van der Waals surface area contributed by atoms with Crippen molar-refractivity contribution in [3.63, 3.8) is 0 Å². The van der Waals surface area contributed by atoms with Crippen LogP contribution < -0.4 is 5.32 Å². The highest BCUT2D eigenvalue weighted by Crippen LogP contribution is 2.26. The zero-order valence-corrected chi connectivity index (χ0v) is 20.6. The summed E-state index contributed by atoms with van der Waals surface area (Å²) in [5.74, 6) is 0.131. The Kier molecular flexibility index (Phi) is 10.1. The van der Waals surface area contributed by atoms with Gasteiger partial charge in [-0.2, -0.15) is 0 Å². The quantitative estimate of drug-likeness (QED) is 0.526. The van der Waals surface area contributed by atoms with E-state index in [1.807, 2.05) is 41.8 Å². The first-order chi connectivity index (χ1) is 15.6. The Labute approximate surface area is 197 Å². The van der Waals surface area contributed by atoms with E-state index in [9.17, 15) is 9.18 Å². The molecule has 2 unspecified atom stereocenters. The van der Waals surface area contributed by atoms with Gasteiger partial charge in [-0.05, 0) is 43.4 Å². The van der Waals surface area contributed by atoms with Gasteiger partial charge < -0.3 is 14.6 Å². The molecule has 3 rings (SSSR count). The predicted molar refractivity (Wildman–Crippen MR) is 133 cm³/mol. The number of nitrogens with one attached hydrogen (secondary N) is 1. The van der Waals surface area contributed by atoms with E-state index in [4.69, 9.17) is 4.74 Å². The topological polar surface area (TPSA) is 59.4 Å². The van der Waals surface area contributed by atoms with Gasteiger partial charge in [0.2, 0.25) is 0 Å². The number of hydrogen-bond acceptors (Lipinski definition) is 4. The molecule has 0 bridgehead atoms. The number of aromatic nitrogens is 2. The Morgan fingerprint density at radius 2 is 2.06 bits per heavy atom. The molecule has 7 heteroatoms. The molecule has 6 nitrogen and oxygen atoms in total. The van der Waals surface area contributed by atoms with Crippen LogP contribution in [0.25, 0.3) is 11.0 Å². The van der Waals surface area contributed by atoms with Gasteiger partial charge in [0, 0.05) is 18.6 Å². The van der Waals surface area contributed by atoms with Crippen molar-refractivity contribution in [1.82, 2.24) is 19.8 Å². The maximum absolute atomic E-state index is 12.5. The molecular weight excluding hydrogens is 419 g/mol. The van der Waals surface area contributed by atoms with Crippen molar-refractivity contribution in [2.45, 2.75) is 59.7 Å². The summed E-state index contributed by atoms with van der Waals surface area (Å²) in [5, 5.41) is 2.86. The predicted octanol–water partition coefficient (Wildman–Crippen LogP) is 5.56. The second-order valence-corrected chi connectivity index (χ2v) is 10.1. The van der Waals surface area contributed by atoms with E-state index in [1.165, 1.54) is 0 Å². The molecule has 1 aromatic carbocycles. The molecule has 0 aliphatic carbocycles. The number of hydrogen-bond donors (Lipinski definition) is 1. The summed E-state index contributed by atoms with van der Waals surface area (Å²) in [6.07, 6.45) is 6.22. The number of rotatable bonds is 8. The van der Waals surface area contributed by atoms with Crippen LogP contribution in [-0.4, -0.2) is 52.3 Å². The average Bonchev–Trinajstić information content (AvgIpc) is 3.31. The number of carbonyl (C=O) groups is 1. The minimum atomic E-state index is -0.438. The number of amides is 1. The Hall–Kier alpha value is -2.67. The Morgan fingerprint density at radius 1 is 1.36 bits per heavy atom. The maximum atomic E-state index is 12.5. The number of halogens is 1. The SMILES string of the molecule is C=CC1C(/C=C/F)CCN1C[C@H](C)NC(=O)OCCn1cnc2ccccc21.CC(C)(C)C. The second kappa shape index (κ2) is 12.5. The van der Waals surface area contributed by atoms with Crippen molar-refractivity contribution < 1.29 is 13.9 Å². The third-order valence-corrected chi connectivity index (χ3v) is 5.14. The van der Waals surface area contributed by atoms with Gasteiger partial charge in [-0.1, -0.05) is 52.0 Å². The van der Waals surface area contributed by atoms with Crippen molar-refractivity contribution in [3.8, 4) is 0 Å². The molecule has 3 atom stereocenters. The molecule has 182 valence electrons. The number of nitrogens with zero attached hydrogens (tertiary/aromatic N) is 3. The fourth-order valence-electron chi connectivity index (χ4n) is 3.81. The first-order valence-electron chi connectivity index (χ1n) is 11.6. The zero-order valence-electron chi connectivity index (χ0n) is 20.6. The molecule has 2 aromatic rings. The van der Waals surface area contributed by atoms with Crippen LogP contribution in [0.2, 0.25) is 0 Å². The molecule has 0 spiro atoms. The lowest BCUT2D eigenvalue weighted by Crippen LogP contribution is -2.44. The van der Waals surface area contributed by atoms with Crippen LogP contribution in [0.3, 0.4) is 0 Å².